The lowest BCUT2D eigenvalue weighted by Crippen LogP contribution is -2.05. The minimum Gasteiger partial charge on any atom is -0.254 e. The van der Waals surface area contributed by atoms with Crippen molar-refractivity contribution in [1.29, 1.82) is 0 Å². The zero-order valence-electron chi connectivity index (χ0n) is 8.80. The third-order valence-corrected chi connectivity index (χ3v) is 2.57. The van der Waals surface area contributed by atoms with E-state index in [0.29, 0.717) is 11.8 Å². The van der Waals surface area contributed by atoms with Gasteiger partial charge in [-0.25, -0.2) is 4.39 Å². The summed E-state index contributed by atoms with van der Waals surface area (Å²) in [4.78, 5) is 3.67. The maximum atomic E-state index is 12.7. The molecular weight excluding hydrogens is 270 g/mol. The number of aromatic nitrogens is 1. The molecule has 1 nitrogen and oxygen atoms in total. The highest BCUT2D eigenvalue weighted by Gasteiger charge is 2.31. The summed E-state index contributed by atoms with van der Waals surface area (Å²) in [7, 11) is 0. The molecule has 0 saturated heterocycles. The molecule has 0 unspecified atom stereocenters. The fourth-order valence-corrected chi connectivity index (χ4v) is 1.69. The Labute approximate surface area is 105 Å². The Kier molecular flexibility index (Phi) is 3.26. The molecule has 0 saturated carbocycles. The Hall–Kier alpha value is -1.62. The average Bonchev–Trinajstić information content (AvgIpc) is 2.29. The van der Waals surface area contributed by atoms with Gasteiger partial charge in [-0.2, -0.15) is 13.2 Å². The quantitative estimate of drug-likeness (QED) is 0.695. The van der Waals surface area contributed by atoms with E-state index in [-0.39, 0.29) is 10.7 Å². The molecular formula is C12H6ClF4N. The van der Waals surface area contributed by atoms with E-state index in [1.165, 1.54) is 24.3 Å². The van der Waals surface area contributed by atoms with Crippen LogP contribution in [0.2, 0.25) is 5.02 Å². The van der Waals surface area contributed by atoms with E-state index < -0.39 is 17.6 Å². The number of pyridine rings is 1. The molecule has 2 aromatic rings. The third kappa shape index (κ3) is 2.61. The first kappa shape index (κ1) is 12.8. The minimum absolute atomic E-state index is 0.128. The van der Waals surface area contributed by atoms with Crippen LogP contribution in [0.4, 0.5) is 17.6 Å². The van der Waals surface area contributed by atoms with E-state index in [9.17, 15) is 17.6 Å². The summed E-state index contributed by atoms with van der Waals surface area (Å²) in [6.45, 7) is 0. The van der Waals surface area contributed by atoms with Crippen LogP contribution in [0.1, 0.15) is 5.56 Å². The van der Waals surface area contributed by atoms with Crippen molar-refractivity contribution in [2.45, 2.75) is 6.18 Å². The predicted octanol–water partition coefficient (Wildman–Crippen LogP) is 4.56. The van der Waals surface area contributed by atoms with Crippen LogP contribution in [0.25, 0.3) is 11.3 Å². The first-order chi connectivity index (χ1) is 8.38. The fourth-order valence-electron chi connectivity index (χ4n) is 1.41. The summed E-state index contributed by atoms with van der Waals surface area (Å²) in [6, 6.07) is 5.97. The molecule has 1 aromatic carbocycles. The molecule has 0 amide bonds. The van der Waals surface area contributed by atoms with Crippen molar-refractivity contribution in [3.63, 3.8) is 0 Å². The Morgan fingerprint density at radius 3 is 2.17 bits per heavy atom. The number of nitrogens with zero attached hydrogens (tertiary/aromatic N) is 1. The van der Waals surface area contributed by atoms with E-state index >= 15 is 0 Å². The number of benzene rings is 1. The normalized spacial score (nSPS) is 11.6. The van der Waals surface area contributed by atoms with Crippen molar-refractivity contribution < 1.29 is 17.6 Å². The number of hydrogen-bond acceptors (Lipinski definition) is 1. The van der Waals surface area contributed by atoms with E-state index in [0.717, 1.165) is 6.07 Å². The highest BCUT2D eigenvalue weighted by Crippen LogP contribution is 2.33. The lowest BCUT2D eigenvalue weighted by atomic mass is 10.1. The van der Waals surface area contributed by atoms with Gasteiger partial charge in [0.05, 0.1) is 16.3 Å². The molecule has 0 atom stereocenters. The Morgan fingerprint density at radius 2 is 1.67 bits per heavy atom. The molecule has 0 bridgehead atoms. The van der Waals surface area contributed by atoms with Gasteiger partial charge in [-0.1, -0.05) is 11.6 Å². The van der Waals surface area contributed by atoms with Crippen molar-refractivity contribution in [2.75, 3.05) is 0 Å². The maximum absolute atomic E-state index is 12.7. The number of rotatable bonds is 1. The molecule has 0 aliphatic rings. The summed E-state index contributed by atoms with van der Waals surface area (Å²) in [5.41, 5.74) is -0.279. The SMILES string of the molecule is Fc1ccc(-c2ncc(C(F)(F)F)cc2Cl)cc1. The summed E-state index contributed by atoms with van der Waals surface area (Å²) in [6.07, 6.45) is -3.79. The molecule has 0 aliphatic carbocycles. The highest BCUT2D eigenvalue weighted by molar-refractivity contribution is 6.33. The monoisotopic (exact) mass is 275 g/mol. The first-order valence-corrected chi connectivity index (χ1v) is 5.24. The average molecular weight is 276 g/mol. The van der Waals surface area contributed by atoms with E-state index in [4.69, 9.17) is 11.6 Å². The highest BCUT2D eigenvalue weighted by atomic mass is 35.5. The molecule has 0 N–H and O–H groups in total. The van der Waals surface area contributed by atoms with Crippen molar-refractivity contribution >= 4 is 11.6 Å². The second-order valence-electron chi connectivity index (χ2n) is 3.56. The number of hydrogen-bond donors (Lipinski definition) is 0. The smallest absolute Gasteiger partial charge is 0.254 e. The van der Waals surface area contributed by atoms with Crippen LogP contribution in [0.5, 0.6) is 0 Å². The van der Waals surface area contributed by atoms with Gasteiger partial charge in [0.2, 0.25) is 0 Å². The summed E-state index contributed by atoms with van der Waals surface area (Å²) < 4.78 is 49.9. The van der Waals surface area contributed by atoms with Crippen LogP contribution in [-0.4, -0.2) is 4.98 Å². The van der Waals surface area contributed by atoms with Gasteiger partial charge in [0.15, 0.2) is 0 Å². The molecule has 0 fully saturated rings. The molecule has 94 valence electrons. The molecule has 0 aliphatic heterocycles. The van der Waals surface area contributed by atoms with Crippen molar-refractivity contribution in [3.05, 3.63) is 52.9 Å². The van der Waals surface area contributed by atoms with Gasteiger partial charge in [-0.3, -0.25) is 4.98 Å². The zero-order valence-corrected chi connectivity index (χ0v) is 9.56. The molecule has 0 spiro atoms. The van der Waals surface area contributed by atoms with Gasteiger partial charge in [-0.05, 0) is 30.3 Å². The number of halogens is 5. The molecule has 0 radical (unpaired) electrons. The lowest BCUT2D eigenvalue weighted by Gasteiger charge is -2.09. The van der Waals surface area contributed by atoms with Crippen molar-refractivity contribution in [1.82, 2.24) is 4.98 Å². The van der Waals surface area contributed by atoms with Gasteiger partial charge >= 0.3 is 6.18 Å². The molecule has 1 aromatic heterocycles. The van der Waals surface area contributed by atoms with Crippen LogP contribution in [0, 0.1) is 5.82 Å². The molecule has 2 rings (SSSR count). The predicted molar refractivity (Wildman–Crippen MR) is 59.6 cm³/mol. The maximum Gasteiger partial charge on any atom is 0.417 e. The largest absolute Gasteiger partial charge is 0.417 e. The fraction of sp³-hybridized carbons (Fsp3) is 0.0833. The van der Waals surface area contributed by atoms with Crippen LogP contribution in [0.15, 0.2) is 36.5 Å². The van der Waals surface area contributed by atoms with Crippen LogP contribution in [-0.2, 0) is 6.18 Å². The van der Waals surface area contributed by atoms with Crippen molar-refractivity contribution in [2.24, 2.45) is 0 Å². The number of alkyl halides is 3. The Bertz CT molecular complexity index is 563. The Morgan fingerprint density at radius 1 is 1.06 bits per heavy atom. The molecule has 6 heteroatoms. The summed E-state index contributed by atoms with van der Waals surface area (Å²) >= 11 is 5.75. The van der Waals surface area contributed by atoms with E-state index in [1.807, 2.05) is 0 Å². The Balaban J connectivity index is 2.45. The van der Waals surface area contributed by atoms with Gasteiger partial charge in [0.1, 0.15) is 5.82 Å². The second kappa shape index (κ2) is 4.57. The van der Waals surface area contributed by atoms with E-state index in [2.05, 4.69) is 4.98 Å². The standard InChI is InChI=1S/C12H6ClF4N/c13-10-5-8(12(15,16)17)6-18-11(10)7-1-3-9(14)4-2-7/h1-6H. The van der Waals surface area contributed by atoms with Gasteiger partial charge < -0.3 is 0 Å². The lowest BCUT2D eigenvalue weighted by molar-refractivity contribution is -0.137. The van der Waals surface area contributed by atoms with Gasteiger partial charge in [0.25, 0.3) is 0 Å². The molecule has 18 heavy (non-hydrogen) atoms. The van der Waals surface area contributed by atoms with Gasteiger partial charge in [0, 0.05) is 11.8 Å². The molecule has 1 heterocycles. The second-order valence-corrected chi connectivity index (χ2v) is 3.97. The minimum atomic E-state index is -4.49. The van der Waals surface area contributed by atoms with Gasteiger partial charge in [-0.15, -0.1) is 0 Å². The first-order valence-electron chi connectivity index (χ1n) is 4.86. The summed E-state index contributed by atoms with van der Waals surface area (Å²) in [5, 5.41) is -0.128. The van der Waals surface area contributed by atoms with Crippen molar-refractivity contribution in [3.8, 4) is 11.3 Å². The van der Waals surface area contributed by atoms with E-state index in [1.54, 1.807) is 0 Å². The van der Waals surface area contributed by atoms with Crippen LogP contribution < -0.4 is 0 Å². The topological polar surface area (TPSA) is 12.9 Å². The summed E-state index contributed by atoms with van der Waals surface area (Å²) in [5.74, 6) is -0.443. The van der Waals surface area contributed by atoms with Crippen LogP contribution in [0.3, 0.4) is 0 Å². The third-order valence-electron chi connectivity index (χ3n) is 2.29. The zero-order chi connectivity index (χ0) is 13.3. The van der Waals surface area contributed by atoms with Crippen LogP contribution >= 0.6 is 11.6 Å².